The lowest BCUT2D eigenvalue weighted by atomic mass is 10.2. The number of hydrogen-bond acceptors (Lipinski definition) is 5. The molecule has 0 saturated carbocycles. The molecule has 4 nitrogen and oxygen atoms in total. The summed E-state index contributed by atoms with van der Waals surface area (Å²) in [5, 5.41) is 8.44. The standard InChI is InChI=1S/C15H17Cl3N4S/c1-8(2)7-19-12-6-13(22-15(21-12)23-3)20-14-10(17)4-9(16)5-11(14)18/h4-6,8H,7H2,1-3H3,(H2,19,20,21,22). The van der Waals surface area contributed by atoms with E-state index in [2.05, 4.69) is 34.4 Å². The average Bonchev–Trinajstić information content (AvgIpc) is 2.48. The summed E-state index contributed by atoms with van der Waals surface area (Å²) in [4.78, 5) is 8.87. The molecule has 124 valence electrons. The van der Waals surface area contributed by atoms with E-state index in [4.69, 9.17) is 34.8 Å². The van der Waals surface area contributed by atoms with Gasteiger partial charge in [0.25, 0.3) is 0 Å². The van der Waals surface area contributed by atoms with Crippen molar-refractivity contribution in [2.75, 3.05) is 23.4 Å². The zero-order valence-electron chi connectivity index (χ0n) is 13.0. The zero-order valence-corrected chi connectivity index (χ0v) is 16.0. The number of benzene rings is 1. The first-order valence-corrected chi connectivity index (χ1v) is 9.33. The lowest BCUT2D eigenvalue weighted by Crippen LogP contribution is -2.10. The number of nitrogens with one attached hydrogen (secondary N) is 2. The van der Waals surface area contributed by atoms with Gasteiger partial charge in [0.2, 0.25) is 0 Å². The minimum absolute atomic E-state index is 0.434. The van der Waals surface area contributed by atoms with Crippen LogP contribution in [0.3, 0.4) is 0 Å². The van der Waals surface area contributed by atoms with Gasteiger partial charge in [-0.1, -0.05) is 60.4 Å². The van der Waals surface area contributed by atoms with Crippen LogP contribution in [0.5, 0.6) is 0 Å². The van der Waals surface area contributed by atoms with Crippen molar-refractivity contribution in [1.29, 1.82) is 0 Å². The molecule has 0 saturated heterocycles. The SMILES string of the molecule is CSc1nc(NCC(C)C)cc(Nc2c(Cl)cc(Cl)cc2Cl)n1. The molecule has 0 fully saturated rings. The monoisotopic (exact) mass is 390 g/mol. The first-order valence-electron chi connectivity index (χ1n) is 6.97. The minimum atomic E-state index is 0.434. The van der Waals surface area contributed by atoms with Crippen molar-refractivity contribution in [2.45, 2.75) is 19.0 Å². The highest BCUT2D eigenvalue weighted by molar-refractivity contribution is 7.98. The van der Waals surface area contributed by atoms with Crippen LogP contribution >= 0.6 is 46.6 Å². The normalized spacial score (nSPS) is 10.9. The second-order valence-electron chi connectivity index (χ2n) is 5.27. The van der Waals surface area contributed by atoms with Gasteiger partial charge in [-0.15, -0.1) is 0 Å². The Labute approximate surface area is 155 Å². The molecule has 0 atom stereocenters. The number of nitrogens with zero attached hydrogens (tertiary/aromatic N) is 2. The van der Waals surface area contributed by atoms with Crippen molar-refractivity contribution in [2.24, 2.45) is 5.92 Å². The van der Waals surface area contributed by atoms with Crippen molar-refractivity contribution in [1.82, 2.24) is 9.97 Å². The summed E-state index contributed by atoms with van der Waals surface area (Å²) in [5.41, 5.74) is 0.568. The Kier molecular flexibility index (Phi) is 6.65. The van der Waals surface area contributed by atoms with Gasteiger partial charge in [-0.2, -0.15) is 0 Å². The molecule has 8 heteroatoms. The van der Waals surface area contributed by atoms with Gasteiger partial charge < -0.3 is 10.6 Å². The Hall–Kier alpha value is -0.880. The highest BCUT2D eigenvalue weighted by Gasteiger charge is 2.11. The predicted octanol–water partition coefficient (Wildman–Crippen LogP) is 5.97. The van der Waals surface area contributed by atoms with Gasteiger partial charge in [-0.3, -0.25) is 0 Å². The van der Waals surface area contributed by atoms with Crippen molar-refractivity contribution in [3.8, 4) is 0 Å². The predicted molar refractivity (Wildman–Crippen MR) is 102 cm³/mol. The van der Waals surface area contributed by atoms with Crippen LogP contribution in [0, 0.1) is 5.92 Å². The summed E-state index contributed by atoms with van der Waals surface area (Å²) in [5.74, 6) is 1.88. The van der Waals surface area contributed by atoms with Gasteiger partial charge >= 0.3 is 0 Å². The van der Waals surface area contributed by atoms with E-state index in [1.807, 2.05) is 12.3 Å². The number of hydrogen-bond donors (Lipinski definition) is 2. The molecule has 0 radical (unpaired) electrons. The summed E-state index contributed by atoms with van der Waals surface area (Å²) >= 11 is 19.8. The molecule has 0 amide bonds. The number of thioether (sulfide) groups is 1. The van der Waals surface area contributed by atoms with Crippen LogP contribution in [0.25, 0.3) is 0 Å². The Morgan fingerprint density at radius 1 is 1.04 bits per heavy atom. The van der Waals surface area contributed by atoms with Crippen LogP contribution in [0.2, 0.25) is 15.1 Å². The fourth-order valence-electron chi connectivity index (χ4n) is 1.77. The quantitative estimate of drug-likeness (QED) is 0.469. The number of rotatable bonds is 6. The summed E-state index contributed by atoms with van der Waals surface area (Å²) in [6.45, 7) is 5.10. The number of halogens is 3. The first-order chi connectivity index (χ1) is 10.9. The lowest BCUT2D eigenvalue weighted by molar-refractivity contribution is 0.685. The second-order valence-corrected chi connectivity index (χ2v) is 7.29. The molecule has 0 unspecified atom stereocenters. The highest BCUT2D eigenvalue weighted by atomic mass is 35.5. The Balaban J connectivity index is 2.30. The third-order valence-corrected chi connectivity index (χ3v) is 4.20. The van der Waals surface area contributed by atoms with Gasteiger partial charge in [-0.25, -0.2) is 9.97 Å². The molecule has 0 aliphatic carbocycles. The third kappa shape index (κ3) is 5.31. The van der Waals surface area contributed by atoms with E-state index in [1.54, 1.807) is 12.1 Å². The fraction of sp³-hybridized carbons (Fsp3) is 0.333. The van der Waals surface area contributed by atoms with E-state index < -0.39 is 0 Å². The molecule has 0 aliphatic rings. The molecular weight excluding hydrogens is 375 g/mol. The third-order valence-electron chi connectivity index (χ3n) is 2.84. The number of anilines is 3. The van der Waals surface area contributed by atoms with Crippen molar-refractivity contribution in [3.63, 3.8) is 0 Å². The summed E-state index contributed by atoms with van der Waals surface area (Å²) < 4.78 is 0. The Morgan fingerprint density at radius 3 is 2.22 bits per heavy atom. The summed E-state index contributed by atoms with van der Waals surface area (Å²) in [7, 11) is 0. The van der Waals surface area contributed by atoms with E-state index in [1.165, 1.54) is 11.8 Å². The van der Waals surface area contributed by atoms with Crippen LogP contribution in [0.1, 0.15) is 13.8 Å². The van der Waals surface area contributed by atoms with Crippen molar-refractivity contribution < 1.29 is 0 Å². The smallest absolute Gasteiger partial charge is 0.191 e. The van der Waals surface area contributed by atoms with Gasteiger partial charge in [0.05, 0.1) is 15.7 Å². The van der Waals surface area contributed by atoms with Crippen LogP contribution in [-0.2, 0) is 0 Å². The molecule has 2 N–H and O–H groups in total. The van der Waals surface area contributed by atoms with E-state index in [9.17, 15) is 0 Å². The maximum atomic E-state index is 6.21. The van der Waals surface area contributed by atoms with E-state index in [0.29, 0.717) is 37.6 Å². The number of aromatic nitrogens is 2. The second kappa shape index (κ2) is 8.29. The maximum Gasteiger partial charge on any atom is 0.191 e. The topological polar surface area (TPSA) is 49.8 Å². The minimum Gasteiger partial charge on any atom is -0.370 e. The van der Waals surface area contributed by atoms with Crippen LogP contribution in [-0.4, -0.2) is 22.8 Å². The van der Waals surface area contributed by atoms with Crippen molar-refractivity contribution >= 4 is 63.9 Å². The van der Waals surface area contributed by atoms with Crippen molar-refractivity contribution in [3.05, 3.63) is 33.3 Å². The van der Waals surface area contributed by atoms with Gasteiger partial charge in [-0.05, 0) is 24.3 Å². The summed E-state index contributed by atoms with van der Waals surface area (Å²) in [6.07, 6.45) is 1.92. The van der Waals surface area contributed by atoms with E-state index in [-0.39, 0.29) is 0 Å². The summed E-state index contributed by atoms with van der Waals surface area (Å²) in [6, 6.07) is 5.08. The molecule has 1 aromatic heterocycles. The Morgan fingerprint density at radius 2 is 1.65 bits per heavy atom. The maximum absolute atomic E-state index is 6.21. The van der Waals surface area contributed by atoms with Crippen LogP contribution in [0.4, 0.5) is 17.3 Å². The lowest BCUT2D eigenvalue weighted by Gasteiger charge is -2.13. The van der Waals surface area contributed by atoms with Gasteiger partial charge in [0, 0.05) is 17.6 Å². The molecule has 0 spiro atoms. The molecule has 2 rings (SSSR count). The van der Waals surface area contributed by atoms with Crippen LogP contribution < -0.4 is 10.6 Å². The van der Waals surface area contributed by atoms with E-state index >= 15 is 0 Å². The van der Waals surface area contributed by atoms with Gasteiger partial charge in [0.15, 0.2) is 5.16 Å². The molecule has 1 aromatic carbocycles. The fourth-order valence-corrected chi connectivity index (χ4v) is 3.06. The molecule has 2 aromatic rings. The average molecular weight is 392 g/mol. The van der Waals surface area contributed by atoms with Crippen LogP contribution in [0.15, 0.2) is 23.4 Å². The first kappa shape index (κ1) is 18.5. The molecule has 0 bridgehead atoms. The van der Waals surface area contributed by atoms with Gasteiger partial charge in [0.1, 0.15) is 11.6 Å². The highest BCUT2D eigenvalue weighted by Crippen LogP contribution is 2.35. The molecule has 1 heterocycles. The molecule has 0 aliphatic heterocycles. The Bertz CT molecular complexity index is 671. The van der Waals surface area contributed by atoms with E-state index in [0.717, 1.165) is 12.4 Å². The largest absolute Gasteiger partial charge is 0.370 e. The molecule has 23 heavy (non-hydrogen) atoms. The zero-order chi connectivity index (χ0) is 17.0. The molecular formula is C15H17Cl3N4S.